The maximum absolute atomic E-state index is 12.5. The van der Waals surface area contributed by atoms with E-state index in [1.165, 1.54) is 6.07 Å². The summed E-state index contributed by atoms with van der Waals surface area (Å²) in [5, 5.41) is 17.3. The third-order valence-corrected chi connectivity index (χ3v) is 4.26. The molecule has 3 rings (SSSR count). The van der Waals surface area contributed by atoms with Crippen molar-refractivity contribution in [2.24, 2.45) is 0 Å². The SMILES string of the molecule is Cc1cccc(NC(=O)c2ccc(N[C@H](C)c3ccccc3)c([N+](=O)[O-])c2)n1. The molecule has 1 aromatic heterocycles. The van der Waals surface area contributed by atoms with Crippen molar-refractivity contribution >= 4 is 23.1 Å². The maximum Gasteiger partial charge on any atom is 0.293 e. The van der Waals surface area contributed by atoms with Gasteiger partial charge in [0.1, 0.15) is 11.5 Å². The van der Waals surface area contributed by atoms with Gasteiger partial charge in [-0.05, 0) is 43.7 Å². The Hall–Kier alpha value is -3.74. The van der Waals surface area contributed by atoms with Gasteiger partial charge in [-0.1, -0.05) is 36.4 Å². The van der Waals surface area contributed by atoms with Crippen molar-refractivity contribution in [3.8, 4) is 0 Å². The zero-order valence-electron chi connectivity index (χ0n) is 15.5. The number of nitrogens with zero attached hydrogens (tertiary/aromatic N) is 2. The zero-order valence-corrected chi connectivity index (χ0v) is 15.5. The Bertz CT molecular complexity index is 1010. The Morgan fingerprint density at radius 1 is 1.07 bits per heavy atom. The molecule has 0 saturated carbocycles. The minimum absolute atomic E-state index is 0.129. The van der Waals surface area contributed by atoms with Crippen LogP contribution in [0.5, 0.6) is 0 Å². The van der Waals surface area contributed by atoms with Gasteiger partial charge in [0.2, 0.25) is 0 Å². The van der Waals surface area contributed by atoms with Crippen molar-refractivity contribution in [3.63, 3.8) is 0 Å². The molecule has 0 saturated heterocycles. The number of pyridine rings is 1. The van der Waals surface area contributed by atoms with Crippen LogP contribution >= 0.6 is 0 Å². The van der Waals surface area contributed by atoms with Crippen molar-refractivity contribution in [1.82, 2.24) is 4.98 Å². The number of carbonyl (C=O) groups is 1. The van der Waals surface area contributed by atoms with Gasteiger partial charge in [0, 0.05) is 23.4 Å². The van der Waals surface area contributed by atoms with Gasteiger partial charge >= 0.3 is 0 Å². The molecular formula is C21H20N4O3. The number of anilines is 2. The number of aromatic nitrogens is 1. The van der Waals surface area contributed by atoms with E-state index in [-0.39, 0.29) is 17.3 Å². The van der Waals surface area contributed by atoms with Gasteiger partial charge in [-0.25, -0.2) is 4.98 Å². The van der Waals surface area contributed by atoms with E-state index in [4.69, 9.17) is 0 Å². The summed E-state index contributed by atoms with van der Waals surface area (Å²) >= 11 is 0. The van der Waals surface area contributed by atoms with Gasteiger partial charge in [-0.2, -0.15) is 0 Å². The molecule has 1 atom stereocenters. The molecule has 0 bridgehead atoms. The normalized spacial score (nSPS) is 11.5. The highest BCUT2D eigenvalue weighted by Gasteiger charge is 2.19. The fourth-order valence-corrected chi connectivity index (χ4v) is 2.81. The molecule has 0 fully saturated rings. The van der Waals surface area contributed by atoms with E-state index < -0.39 is 10.8 Å². The highest BCUT2D eigenvalue weighted by molar-refractivity contribution is 6.04. The molecule has 1 heterocycles. The number of rotatable bonds is 6. The van der Waals surface area contributed by atoms with Crippen LogP contribution in [0.3, 0.4) is 0 Å². The topological polar surface area (TPSA) is 97.2 Å². The van der Waals surface area contributed by atoms with Crippen LogP contribution in [0.2, 0.25) is 0 Å². The molecule has 0 aliphatic carbocycles. The minimum atomic E-state index is -0.498. The molecule has 3 aromatic rings. The third kappa shape index (κ3) is 4.50. The average Bonchev–Trinajstić information content (AvgIpc) is 2.68. The summed E-state index contributed by atoms with van der Waals surface area (Å²) in [6.07, 6.45) is 0. The lowest BCUT2D eigenvalue weighted by atomic mass is 10.1. The van der Waals surface area contributed by atoms with E-state index in [2.05, 4.69) is 15.6 Å². The number of nitro groups is 1. The average molecular weight is 376 g/mol. The number of aryl methyl sites for hydroxylation is 1. The lowest BCUT2D eigenvalue weighted by Crippen LogP contribution is -2.14. The Kier molecular flexibility index (Phi) is 5.64. The summed E-state index contributed by atoms with van der Waals surface area (Å²) in [4.78, 5) is 27.7. The fraction of sp³-hybridized carbons (Fsp3) is 0.143. The smallest absolute Gasteiger partial charge is 0.293 e. The van der Waals surface area contributed by atoms with E-state index in [9.17, 15) is 14.9 Å². The summed E-state index contributed by atoms with van der Waals surface area (Å²) in [5.74, 6) is -0.0589. The molecule has 1 amide bonds. The fourth-order valence-electron chi connectivity index (χ4n) is 2.81. The van der Waals surface area contributed by atoms with Crippen molar-refractivity contribution in [3.05, 3.63) is 93.7 Å². The molecule has 2 aromatic carbocycles. The van der Waals surface area contributed by atoms with Gasteiger partial charge in [-0.15, -0.1) is 0 Å². The summed E-state index contributed by atoms with van der Waals surface area (Å²) < 4.78 is 0. The number of amides is 1. The van der Waals surface area contributed by atoms with Crippen LogP contribution in [0.1, 0.15) is 34.6 Å². The number of carbonyl (C=O) groups excluding carboxylic acids is 1. The van der Waals surface area contributed by atoms with Crippen LogP contribution in [-0.4, -0.2) is 15.8 Å². The van der Waals surface area contributed by atoms with Crippen LogP contribution in [0.4, 0.5) is 17.2 Å². The summed E-state index contributed by atoms with van der Waals surface area (Å²) in [5.41, 5.74) is 2.15. The van der Waals surface area contributed by atoms with E-state index in [1.807, 2.05) is 50.2 Å². The predicted molar refractivity (Wildman–Crippen MR) is 109 cm³/mol. The molecule has 7 heteroatoms. The number of nitro benzene ring substituents is 1. The van der Waals surface area contributed by atoms with Crippen molar-refractivity contribution < 1.29 is 9.72 Å². The van der Waals surface area contributed by atoms with E-state index in [0.29, 0.717) is 11.5 Å². The van der Waals surface area contributed by atoms with Crippen LogP contribution in [0.25, 0.3) is 0 Å². The van der Waals surface area contributed by atoms with E-state index in [0.717, 1.165) is 11.3 Å². The molecule has 28 heavy (non-hydrogen) atoms. The maximum atomic E-state index is 12.5. The van der Waals surface area contributed by atoms with Gasteiger partial charge in [0.15, 0.2) is 0 Å². The Labute approximate surface area is 162 Å². The zero-order chi connectivity index (χ0) is 20.1. The van der Waals surface area contributed by atoms with Crippen molar-refractivity contribution in [1.29, 1.82) is 0 Å². The van der Waals surface area contributed by atoms with E-state index >= 15 is 0 Å². The number of benzene rings is 2. The molecule has 0 unspecified atom stereocenters. The first kappa shape index (κ1) is 19.0. The van der Waals surface area contributed by atoms with Gasteiger partial charge in [-0.3, -0.25) is 14.9 Å². The van der Waals surface area contributed by atoms with Crippen LogP contribution in [-0.2, 0) is 0 Å². The molecule has 142 valence electrons. The highest BCUT2D eigenvalue weighted by Crippen LogP contribution is 2.29. The Balaban J connectivity index is 1.82. The second-order valence-corrected chi connectivity index (χ2v) is 6.38. The van der Waals surface area contributed by atoms with Gasteiger partial charge in [0.05, 0.1) is 4.92 Å². The van der Waals surface area contributed by atoms with Crippen LogP contribution < -0.4 is 10.6 Å². The second-order valence-electron chi connectivity index (χ2n) is 6.38. The first-order valence-electron chi connectivity index (χ1n) is 8.79. The van der Waals surface area contributed by atoms with Crippen LogP contribution in [0, 0.1) is 17.0 Å². The molecule has 0 spiro atoms. The van der Waals surface area contributed by atoms with Gasteiger partial charge in [0.25, 0.3) is 11.6 Å². The number of hydrogen-bond acceptors (Lipinski definition) is 5. The monoisotopic (exact) mass is 376 g/mol. The lowest BCUT2D eigenvalue weighted by Gasteiger charge is -2.16. The summed E-state index contributed by atoms with van der Waals surface area (Å²) in [7, 11) is 0. The highest BCUT2D eigenvalue weighted by atomic mass is 16.6. The molecule has 0 radical (unpaired) electrons. The molecule has 0 aliphatic heterocycles. The number of hydrogen-bond donors (Lipinski definition) is 2. The minimum Gasteiger partial charge on any atom is -0.373 e. The first-order chi connectivity index (χ1) is 13.4. The molecule has 7 nitrogen and oxygen atoms in total. The third-order valence-electron chi connectivity index (χ3n) is 4.26. The first-order valence-corrected chi connectivity index (χ1v) is 8.79. The Morgan fingerprint density at radius 3 is 2.50 bits per heavy atom. The van der Waals surface area contributed by atoms with E-state index in [1.54, 1.807) is 24.3 Å². The molecule has 2 N–H and O–H groups in total. The quantitative estimate of drug-likeness (QED) is 0.479. The number of nitrogens with one attached hydrogen (secondary N) is 2. The lowest BCUT2D eigenvalue weighted by molar-refractivity contribution is -0.384. The van der Waals surface area contributed by atoms with Crippen molar-refractivity contribution in [2.45, 2.75) is 19.9 Å². The standard InChI is InChI=1S/C21H20N4O3/c1-14-7-6-10-20(22-14)24-21(26)17-11-12-18(19(13-17)25(27)28)23-15(2)16-8-4-3-5-9-16/h3-13,15,23H,1-2H3,(H,22,24,26)/t15-/m1/s1. The molecular weight excluding hydrogens is 356 g/mol. The van der Waals surface area contributed by atoms with Gasteiger partial charge < -0.3 is 10.6 Å². The Morgan fingerprint density at radius 2 is 1.82 bits per heavy atom. The predicted octanol–water partition coefficient (Wildman–Crippen LogP) is 4.72. The van der Waals surface area contributed by atoms with Crippen LogP contribution in [0.15, 0.2) is 66.7 Å². The molecule has 0 aliphatic rings. The second kappa shape index (κ2) is 8.30. The largest absolute Gasteiger partial charge is 0.373 e. The summed E-state index contributed by atoms with van der Waals surface area (Å²) in [6.45, 7) is 3.73. The van der Waals surface area contributed by atoms with Crippen molar-refractivity contribution in [2.75, 3.05) is 10.6 Å². The summed E-state index contributed by atoms with van der Waals surface area (Å²) in [6, 6.07) is 19.1.